The summed E-state index contributed by atoms with van der Waals surface area (Å²) in [5.74, 6) is 0.703. The summed E-state index contributed by atoms with van der Waals surface area (Å²) in [5.41, 5.74) is 0.896. The van der Waals surface area contributed by atoms with Gasteiger partial charge < -0.3 is 14.6 Å². The highest BCUT2D eigenvalue weighted by atomic mass is 16.3. The monoisotopic (exact) mass is 299 g/mol. The molecule has 3 heterocycles. The van der Waals surface area contributed by atoms with Gasteiger partial charge in [-0.3, -0.25) is 9.59 Å². The number of hydrogen-bond donors (Lipinski definition) is 1. The van der Waals surface area contributed by atoms with Gasteiger partial charge in [0.25, 0.3) is 0 Å². The van der Waals surface area contributed by atoms with Crippen LogP contribution in [0.15, 0.2) is 41.1 Å². The van der Waals surface area contributed by atoms with Gasteiger partial charge in [0.15, 0.2) is 0 Å². The van der Waals surface area contributed by atoms with Crippen molar-refractivity contribution in [1.29, 1.82) is 0 Å². The van der Waals surface area contributed by atoms with Crippen molar-refractivity contribution in [3.63, 3.8) is 0 Å². The van der Waals surface area contributed by atoms with Crippen molar-refractivity contribution < 1.29 is 14.0 Å². The molecule has 0 aliphatic carbocycles. The van der Waals surface area contributed by atoms with E-state index in [1.807, 2.05) is 25.1 Å². The fraction of sp³-hybridized carbons (Fsp3) is 0.312. The van der Waals surface area contributed by atoms with E-state index < -0.39 is 0 Å². The Kier molecular flexibility index (Phi) is 3.91. The third kappa shape index (κ3) is 3.00. The zero-order valence-corrected chi connectivity index (χ0v) is 12.3. The summed E-state index contributed by atoms with van der Waals surface area (Å²) in [4.78, 5) is 30.1. The maximum Gasteiger partial charge on any atom is 0.230 e. The predicted octanol–water partition coefficient (Wildman–Crippen LogP) is 1.97. The van der Waals surface area contributed by atoms with E-state index >= 15 is 0 Å². The van der Waals surface area contributed by atoms with E-state index in [2.05, 4.69) is 10.3 Å². The Balaban J connectivity index is 1.62. The average molecular weight is 299 g/mol. The number of hydrogen-bond acceptors (Lipinski definition) is 4. The number of furan rings is 1. The standard InChI is InChI=1S/C16H17N3O3/c1-11-4-2-6-17-15(11)18-16(21)12-8-14(20)19(9-12)10-13-5-3-7-22-13/h2-7,12H,8-10H2,1H3,(H,17,18,21)/t12-/m0/s1. The van der Waals surface area contributed by atoms with Gasteiger partial charge in [-0.15, -0.1) is 0 Å². The van der Waals surface area contributed by atoms with Crippen molar-refractivity contribution in [3.8, 4) is 0 Å². The minimum absolute atomic E-state index is 0.0331. The maximum atomic E-state index is 12.3. The number of anilines is 1. The second-order valence-corrected chi connectivity index (χ2v) is 5.41. The van der Waals surface area contributed by atoms with Crippen LogP contribution in [0.3, 0.4) is 0 Å². The van der Waals surface area contributed by atoms with E-state index in [9.17, 15) is 9.59 Å². The van der Waals surface area contributed by atoms with E-state index in [0.717, 1.165) is 11.3 Å². The fourth-order valence-corrected chi connectivity index (χ4v) is 2.53. The first-order valence-electron chi connectivity index (χ1n) is 7.16. The molecule has 2 amide bonds. The van der Waals surface area contributed by atoms with E-state index in [1.165, 1.54) is 0 Å². The molecule has 1 N–H and O–H groups in total. The minimum atomic E-state index is -0.358. The van der Waals surface area contributed by atoms with Gasteiger partial charge in [-0.05, 0) is 30.7 Å². The van der Waals surface area contributed by atoms with Crippen LogP contribution < -0.4 is 5.32 Å². The molecule has 6 nitrogen and oxygen atoms in total. The highest BCUT2D eigenvalue weighted by Gasteiger charge is 2.34. The molecule has 1 atom stereocenters. The van der Waals surface area contributed by atoms with Crippen LogP contribution in [0.25, 0.3) is 0 Å². The Bertz CT molecular complexity index is 682. The number of nitrogens with one attached hydrogen (secondary N) is 1. The number of amides is 2. The van der Waals surface area contributed by atoms with Gasteiger partial charge in [-0.25, -0.2) is 4.98 Å². The molecule has 2 aromatic heterocycles. The molecule has 3 rings (SSSR count). The topological polar surface area (TPSA) is 75.4 Å². The minimum Gasteiger partial charge on any atom is -0.467 e. The van der Waals surface area contributed by atoms with Crippen LogP contribution in [-0.4, -0.2) is 28.2 Å². The van der Waals surface area contributed by atoms with Crippen LogP contribution in [-0.2, 0) is 16.1 Å². The number of aromatic nitrogens is 1. The summed E-state index contributed by atoms with van der Waals surface area (Å²) in [6.45, 7) is 2.68. The van der Waals surface area contributed by atoms with Crippen molar-refractivity contribution in [2.75, 3.05) is 11.9 Å². The number of rotatable bonds is 4. The van der Waals surface area contributed by atoms with E-state index in [4.69, 9.17) is 4.42 Å². The second kappa shape index (κ2) is 6.01. The first-order valence-corrected chi connectivity index (χ1v) is 7.16. The SMILES string of the molecule is Cc1cccnc1NC(=O)[C@H]1CC(=O)N(Cc2ccco2)C1. The molecule has 1 saturated heterocycles. The van der Waals surface area contributed by atoms with Crippen LogP contribution in [0.2, 0.25) is 0 Å². The lowest BCUT2D eigenvalue weighted by atomic mass is 10.1. The predicted molar refractivity (Wildman–Crippen MR) is 79.8 cm³/mol. The normalized spacial score (nSPS) is 17.8. The number of aryl methyl sites for hydroxylation is 1. The van der Waals surface area contributed by atoms with E-state index in [-0.39, 0.29) is 24.2 Å². The van der Waals surface area contributed by atoms with E-state index in [1.54, 1.807) is 23.4 Å². The quantitative estimate of drug-likeness (QED) is 0.936. The van der Waals surface area contributed by atoms with Gasteiger partial charge in [-0.1, -0.05) is 6.07 Å². The Morgan fingerprint density at radius 3 is 3.05 bits per heavy atom. The molecule has 0 unspecified atom stereocenters. The summed E-state index contributed by atoms with van der Waals surface area (Å²) in [6.07, 6.45) is 3.42. The Morgan fingerprint density at radius 1 is 1.45 bits per heavy atom. The first kappa shape index (κ1) is 14.3. The molecule has 1 aliphatic heterocycles. The number of nitrogens with zero attached hydrogens (tertiary/aromatic N) is 2. The molecular formula is C16H17N3O3. The highest BCUT2D eigenvalue weighted by Crippen LogP contribution is 2.22. The number of likely N-dealkylation sites (tertiary alicyclic amines) is 1. The molecular weight excluding hydrogens is 282 g/mol. The molecule has 2 aromatic rings. The highest BCUT2D eigenvalue weighted by molar-refractivity contribution is 5.96. The summed E-state index contributed by atoms with van der Waals surface area (Å²) >= 11 is 0. The lowest BCUT2D eigenvalue weighted by Gasteiger charge is -2.15. The average Bonchev–Trinajstić information content (AvgIpc) is 3.13. The van der Waals surface area contributed by atoms with Gasteiger partial charge in [0.05, 0.1) is 18.7 Å². The first-order chi connectivity index (χ1) is 10.6. The molecule has 0 bridgehead atoms. The number of carbonyl (C=O) groups excluding carboxylic acids is 2. The molecule has 6 heteroatoms. The van der Waals surface area contributed by atoms with Crippen LogP contribution in [0.5, 0.6) is 0 Å². The third-order valence-corrected chi connectivity index (χ3v) is 3.76. The second-order valence-electron chi connectivity index (χ2n) is 5.41. The van der Waals surface area contributed by atoms with Crippen molar-refractivity contribution in [2.24, 2.45) is 5.92 Å². The summed E-state index contributed by atoms with van der Waals surface area (Å²) in [6, 6.07) is 7.29. The Morgan fingerprint density at radius 2 is 2.32 bits per heavy atom. The Hall–Kier alpha value is -2.63. The fourth-order valence-electron chi connectivity index (χ4n) is 2.53. The molecule has 0 saturated carbocycles. The molecule has 22 heavy (non-hydrogen) atoms. The van der Waals surface area contributed by atoms with Crippen LogP contribution >= 0.6 is 0 Å². The van der Waals surface area contributed by atoms with Gasteiger partial charge in [-0.2, -0.15) is 0 Å². The number of carbonyl (C=O) groups is 2. The van der Waals surface area contributed by atoms with Crippen molar-refractivity contribution in [1.82, 2.24) is 9.88 Å². The molecule has 114 valence electrons. The van der Waals surface area contributed by atoms with Crippen LogP contribution in [0.1, 0.15) is 17.7 Å². The lowest BCUT2D eigenvalue weighted by Crippen LogP contribution is -2.28. The van der Waals surface area contributed by atoms with Crippen molar-refractivity contribution in [2.45, 2.75) is 19.9 Å². The van der Waals surface area contributed by atoms with Crippen LogP contribution in [0, 0.1) is 12.8 Å². The molecule has 1 fully saturated rings. The van der Waals surface area contributed by atoms with Gasteiger partial charge >= 0.3 is 0 Å². The zero-order valence-electron chi connectivity index (χ0n) is 12.3. The summed E-state index contributed by atoms with van der Waals surface area (Å²) in [5, 5.41) is 2.80. The lowest BCUT2D eigenvalue weighted by molar-refractivity contribution is -0.128. The maximum absolute atomic E-state index is 12.3. The zero-order chi connectivity index (χ0) is 15.5. The van der Waals surface area contributed by atoms with E-state index in [0.29, 0.717) is 18.9 Å². The van der Waals surface area contributed by atoms with Gasteiger partial charge in [0.2, 0.25) is 11.8 Å². The largest absolute Gasteiger partial charge is 0.467 e. The Labute approximate surface area is 128 Å². The van der Waals surface area contributed by atoms with Crippen molar-refractivity contribution >= 4 is 17.6 Å². The smallest absolute Gasteiger partial charge is 0.230 e. The van der Waals surface area contributed by atoms with Crippen LogP contribution in [0.4, 0.5) is 5.82 Å². The molecule has 0 aromatic carbocycles. The summed E-state index contributed by atoms with van der Waals surface area (Å²) < 4.78 is 5.25. The molecule has 0 spiro atoms. The van der Waals surface area contributed by atoms with Gasteiger partial charge in [0.1, 0.15) is 11.6 Å². The third-order valence-electron chi connectivity index (χ3n) is 3.76. The van der Waals surface area contributed by atoms with Crippen molar-refractivity contribution in [3.05, 3.63) is 48.0 Å². The number of pyridine rings is 1. The molecule has 0 radical (unpaired) electrons. The molecule has 1 aliphatic rings. The van der Waals surface area contributed by atoms with Gasteiger partial charge in [0, 0.05) is 19.2 Å². The summed E-state index contributed by atoms with van der Waals surface area (Å²) in [7, 11) is 0.